The van der Waals surface area contributed by atoms with Crippen LogP contribution in [0.3, 0.4) is 0 Å². The van der Waals surface area contributed by atoms with E-state index in [1.54, 1.807) is 23.6 Å². The molecular weight excluding hydrogens is 468 g/mol. The summed E-state index contributed by atoms with van der Waals surface area (Å²) in [5.41, 5.74) is 2.74. The van der Waals surface area contributed by atoms with E-state index in [1.165, 1.54) is 6.08 Å². The molecule has 3 heterocycles. The maximum atomic E-state index is 13.7. The van der Waals surface area contributed by atoms with Crippen LogP contribution >= 0.6 is 0 Å². The van der Waals surface area contributed by atoms with Crippen LogP contribution in [0.15, 0.2) is 46.7 Å². The first kappa shape index (κ1) is 28.2. The number of methoxy groups -OCH3 is 1. The van der Waals surface area contributed by atoms with Gasteiger partial charge in [0.15, 0.2) is 0 Å². The molecule has 2 aromatic heterocycles. The van der Waals surface area contributed by atoms with Crippen LogP contribution in [0, 0.1) is 5.92 Å². The number of pyridine rings is 1. The maximum Gasteiger partial charge on any atom is 0.277 e. The fraction of sp³-hybridized carbons (Fsp3) is 0.571. The van der Waals surface area contributed by atoms with Gasteiger partial charge in [-0.25, -0.2) is 4.98 Å². The van der Waals surface area contributed by atoms with Gasteiger partial charge in [0, 0.05) is 31.9 Å². The van der Waals surface area contributed by atoms with Gasteiger partial charge in [-0.3, -0.25) is 14.6 Å². The molecule has 1 amide bonds. The number of anilines is 1. The van der Waals surface area contributed by atoms with Crippen LogP contribution < -0.4 is 10.9 Å². The number of hydrogen-bond acceptors (Lipinski definition) is 6. The SMILES string of the molecule is C=CC(=O)N1CCC(n2cc(N/C(=C/CC)C(=NC)OC)c3ncn(C45CC4C5)c3c2=O)C1.CC.CC. The Kier molecular flexibility index (Phi) is 8.99. The zero-order valence-electron chi connectivity index (χ0n) is 23.4. The minimum Gasteiger partial charge on any atom is -0.480 e. The molecule has 0 radical (unpaired) electrons. The number of allylic oxidation sites excluding steroid dienone is 1. The van der Waals surface area contributed by atoms with Gasteiger partial charge in [-0.1, -0.05) is 47.3 Å². The summed E-state index contributed by atoms with van der Waals surface area (Å²) in [5, 5.41) is 3.43. The van der Waals surface area contributed by atoms with E-state index in [-0.39, 0.29) is 23.0 Å². The van der Waals surface area contributed by atoms with Gasteiger partial charge in [-0.2, -0.15) is 0 Å². The van der Waals surface area contributed by atoms with Gasteiger partial charge < -0.3 is 24.1 Å². The number of amides is 1. The van der Waals surface area contributed by atoms with Crippen molar-refractivity contribution in [3.8, 4) is 0 Å². The standard InChI is InChI=1S/C24H30N6O3.2C2H6/c1-5-7-17(22(25-3)33-4)27-18-13-29(16-8-9-28(12-16)19(31)6-2)23(32)21-20(18)26-14-30(21)24-10-15(24)11-24;2*1-2/h6-7,13-16,27H,2,5,8-12H2,1,3-4H3;2*1-2H3/b17-7+,25-22?;;. The van der Waals surface area contributed by atoms with Crippen molar-refractivity contribution >= 4 is 28.5 Å². The summed E-state index contributed by atoms with van der Waals surface area (Å²) in [7, 11) is 3.26. The van der Waals surface area contributed by atoms with Crippen molar-refractivity contribution in [2.75, 3.05) is 32.6 Å². The van der Waals surface area contributed by atoms with Gasteiger partial charge in [-0.15, -0.1) is 0 Å². The minimum atomic E-state index is -0.109. The number of aliphatic imine (C=N–C) groups is 1. The van der Waals surface area contributed by atoms with Gasteiger partial charge >= 0.3 is 0 Å². The second kappa shape index (κ2) is 11.8. The fourth-order valence-electron chi connectivity index (χ4n) is 5.06. The van der Waals surface area contributed by atoms with Gasteiger partial charge in [-0.05, 0) is 37.7 Å². The first-order chi connectivity index (χ1) is 18.0. The highest BCUT2D eigenvalue weighted by Gasteiger charge is 2.71. The quantitative estimate of drug-likeness (QED) is 0.331. The second-order valence-corrected chi connectivity index (χ2v) is 9.09. The molecule has 1 atom stereocenters. The lowest BCUT2D eigenvalue weighted by atomic mass is 10.2. The molecule has 2 aliphatic carbocycles. The maximum absolute atomic E-state index is 13.7. The van der Waals surface area contributed by atoms with Gasteiger partial charge in [0.05, 0.1) is 30.9 Å². The first-order valence-corrected chi connectivity index (χ1v) is 13.5. The third-order valence-electron chi connectivity index (χ3n) is 7.19. The number of nitrogens with one attached hydrogen (secondary N) is 1. The lowest BCUT2D eigenvalue weighted by Gasteiger charge is -2.20. The molecule has 5 rings (SSSR count). The molecule has 1 N–H and O–H groups in total. The van der Waals surface area contributed by atoms with Crippen molar-refractivity contribution in [2.45, 2.75) is 71.9 Å². The zero-order valence-corrected chi connectivity index (χ0v) is 23.4. The number of imidazole rings is 1. The van der Waals surface area contributed by atoms with Crippen LogP contribution in [-0.2, 0) is 15.1 Å². The third-order valence-corrected chi connectivity index (χ3v) is 7.19. The predicted molar refractivity (Wildman–Crippen MR) is 150 cm³/mol. The molecule has 3 fully saturated rings. The summed E-state index contributed by atoms with van der Waals surface area (Å²) < 4.78 is 9.32. The molecule has 9 nitrogen and oxygen atoms in total. The number of carbonyl (C=O) groups excluding carboxylic acids is 1. The fourth-order valence-corrected chi connectivity index (χ4v) is 5.06. The summed E-state index contributed by atoms with van der Waals surface area (Å²) in [6, 6.07) is -0.109. The molecule has 37 heavy (non-hydrogen) atoms. The zero-order chi connectivity index (χ0) is 27.3. The molecule has 3 aliphatic rings. The predicted octanol–water partition coefficient (Wildman–Crippen LogP) is 4.71. The molecular formula is C28H42N6O3. The molecule has 1 unspecified atom stereocenters. The van der Waals surface area contributed by atoms with Crippen LogP contribution in [0.2, 0.25) is 0 Å². The summed E-state index contributed by atoms with van der Waals surface area (Å²) >= 11 is 0. The molecule has 2 saturated carbocycles. The van der Waals surface area contributed by atoms with Crippen molar-refractivity contribution in [1.82, 2.24) is 19.0 Å². The van der Waals surface area contributed by atoms with E-state index in [4.69, 9.17) is 4.74 Å². The van der Waals surface area contributed by atoms with Crippen molar-refractivity contribution in [3.05, 3.63) is 47.3 Å². The third kappa shape index (κ3) is 5.08. The number of likely N-dealkylation sites (tertiary alicyclic amines) is 1. The Hall–Kier alpha value is -3.36. The number of carbonyl (C=O) groups is 1. The molecule has 1 saturated heterocycles. The van der Waals surface area contributed by atoms with E-state index >= 15 is 0 Å². The minimum absolute atomic E-state index is 0.0602. The molecule has 0 spiro atoms. The number of ether oxygens (including phenoxy) is 1. The Labute approximate surface area is 219 Å². The van der Waals surface area contributed by atoms with Crippen molar-refractivity contribution < 1.29 is 9.53 Å². The Morgan fingerprint density at radius 1 is 1.32 bits per heavy atom. The molecule has 2 aromatic rings. The average molecular weight is 511 g/mol. The van der Waals surface area contributed by atoms with Gasteiger partial charge in [0.1, 0.15) is 11.0 Å². The van der Waals surface area contributed by atoms with Gasteiger partial charge in [0.2, 0.25) is 11.8 Å². The van der Waals surface area contributed by atoms with Crippen LogP contribution in [0.25, 0.3) is 11.0 Å². The topological polar surface area (TPSA) is 93.8 Å². The number of aromatic nitrogens is 3. The Bertz CT molecular complexity index is 1250. The van der Waals surface area contributed by atoms with E-state index < -0.39 is 0 Å². The monoisotopic (exact) mass is 510 g/mol. The highest BCUT2D eigenvalue weighted by Crippen LogP contribution is 2.73. The van der Waals surface area contributed by atoms with E-state index in [1.807, 2.05) is 53.2 Å². The summed E-state index contributed by atoms with van der Waals surface area (Å²) in [4.78, 5) is 36.5. The molecule has 9 heteroatoms. The number of hydrogen-bond donors (Lipinski definition) is 1. The summed E-state index contributed by atoms with van der Waals surface area (Å²) in [5.74, 6) is 1.04. The number of rotatable bonds is 7. The molecule has 0 bridgehead atoms. The van der Waals surface area contributed by atoms with Crippen LogP contribution in [0.5, 0.6) is 0 Å². The highest BCUT2D eigenvalue weighted by molar-refractivity contribution is 5.99. The molecule has 0 aromatic carbocycles. The normalized spacial score (nSPS) is 23.8. The number of nitrogens with zero attached hydrogens (tertiary/aromatic N) is 5. The van der Waals surface area contributed by atoms with Crippen LogP contribution in [-0.4, -0.2) is 58.1 Å². The summed E-state index contributed by atoms with van der Waals surface area (Å²) in [6.07, 6.45) is 10.7. The largest absolute Gasteiger partial charge is 0.480 e. The lowest BCUT2D eigenvalue weighted by molar-refractivity contribution is -0.125. The van der Waals surface area contributed by atoms with Gasteiger partial charge in [0.25, 0.3) is 5.56 Å². The van der Waals surface area contributed by atoms with E-state index in [9.17, 15) is 9.59 Å². The number of fused-ring (bicyclic) bond motifs is 2. The molecule has 202 valence electrons. The summed E-state index contributed by atoms with van der Waals surface area (Å²) in [6.45, 7) is 14.7. The van der Waals surface area contributed by atoms with Crippen molar-refractivity contribution in [2.24, 2.45) is 10.9 Å². The highest BCUT2D eigenvalue weighted by atomic mass is 16.5. The lowest BCUT2D eigenvalue weighted by Crippen LogP contribution is -2.31. The average Bonchev–Trinajstić information content (AvgIpc) is 3.63. The second-order valence-electron chi connectivity index (χ2n) is 9.09. The van der Waals surface area contributed by atoms with Crippen molar-refractivity contribution in [3.63, 3.8) is 0 Å². The van der Waals surface area contributed by atoms with Crippen molar-refractivity contribution in [1.29, 1.82) is 0 Å². The van der Waals surface area contributed by atoms with Crippen LogP contribution in [0.1, 0.15) is 66.3 Å². The van der Waals surface area contributed by atoms with Crippen LogP contribution in [0.4, 0.5) is 5.69 Å². The van der Waals surface area contributed by atoms with E-state index in [0.29, 0.717) is 42.4 Å². The first-order valence-electron chi connectivity index (χ1n) is 13.5. The molecule has 1 aliphatic heterocycles. The Balaban J connectivity index is 0.000000907. The Morgan fingerprint density at radius 2 is 2.00 bits per heavy atom. The van der Waals surface area contributed by atoms with E-state index in [0.717, 1.165) is 30.6 Å². The Morgan fingerprint density at radius 3 is 2.54 bits per heavy atom. The smallest absolute Gasteiger partial charge is 0.277 e. The van der Waals surface area contributed by atoms with E-state index in [2.05, 4.69) is 26.4 Å².